The summed E-state index contributed by atoms with van der Waals surface area (Å²) in [4.78, 5) is -0.361. The molecule has 0 saturated carbocycles. The second-order valence-corrected chi connectivity index (χ2v) is 7.13. The first kappa shape index (κ1) is 17.3. The van der Waals surface area contributed by atoms with Gasteiger partial charge in [0.25, 0.3) is 10.1 Å². The number of aromatic hydroxyl groups is 1. The highest BCUT2D eigenvalue weighted by Gasteiger charge is 2.33. The lowest BCUT2D eigenvalue weighted by Gasteiger charge is -2.25. The Morgan fingerprint density at radius 1 is 1.12 bits per heavy atom. The Hall–Kier alpha value is -2.55. The summed E-state index contributed by atoms with van der Waals surface area (Å²) in [5.41, 5.74) is 1.80. The van der Waals surface area contributed by atoms with E-state index in [2.05, 4.69) is 10.2 Å². The van der Waals surface area contributed by atoms with E-state index in [-0.39, 0.29) is 21.9 Å². The Kier molecular flexibility index (Phi) is 4.42. The van der Waals surface area contributed by atoms with E-state index in [0.717, 1.165) is 11.6 Å². The number of rotatable bonds is 3. The molecule has 3 rings (SSSR count). The minimum Gasteiger partial charge on any atom is -0.506 e. The van der Waals surface area contributed by atoms with Gasteiger partial charge in [0.05, 0.1) is 0 Å². The largest absolute Gasteiger partial charge is 0.506 e. The van der Waals surface area contributed by atoms with Crippen LogP contribution in [0.5, 0.6) is 5.75 Å². The average molecular weight is 360 g/mol. The maximum atomic E-state index is 11.6. The maximum Gasteiger partial charge on any atom is 0.294 e. The fraction of sp³-hybridized carbons (Fsp3) is 0.176. The Balaban J connectivity index is 2.05. The average Bonchev–Trinajstić information content (AvgIpc) is 2.55. The second-order valence-electron chi connectivity index (χ2n) is 5.74. The second kappa shape index (κ2) is 6.40. The smallest absolute Gasteiger partial charge is 0.294 e. The number of aryl methyl sites for hydroxylation is 1. The van der Waals surface area contributed by atoms with E-state index >= 15 is 0 Å². The van der Waals surface area contributed by atoms with Crippen LogP contribution in [0.2, 0.25) is 0 Å². The number of hydrogen-bond donors (Lipinski definition) is 3. The first-order chi connectivity index (χ1) is 11.8. The van der Waals surface area contributed by atoms with Crippen LogP contribution in [0.25, 0.3) is 4.91 Å². The van der Waals surface area contributed by atoms with Crippen molar-refractivity contribution in [2.75, 3.05) is 0 Å². The molecule has 2 aromatic rings. The van der Waals surface area contributed by atoms with Crippen LogP contribution in [-0.2, 0) is 10.1 Å². The highest BCUT2D eigenvalue weighted by Crippen LogP contribution is 2.39. The zero-order valence-corrected chi connectivity index (χ0v) is 14.1. The van der Waals surface area contributed by atoms with Crippen molar-refractivity contribution in [1.29, 1.82) is 0 Å². The van der Waals surface area contributed by atoms with Crippen molar-refractivity contribution in [2.45, 2.75) is 19.1 Å². The van der Waals surface area contributed by atoms with E-state index in [4.69, 9.17) is 0 Å². The van der Waals surface area contributed by atoms with Crippen molar-refractivity contribution in [3.63, 3.8) is 0 Å². The lowest BCUT2D eigenvalue weighted by Crippen LogP contribution is -2.22. The first-order valence-electron chi connectivity index (χ1n) is 7.44. The molecule has 0 aromatic heterocycles. The molecule has 0 aliphatic heterocycles. The molecule has 8 heteroatoms. The van der Waals surface area contributed by atoms with Crippen LogP contribution in [0.1, 0.15) is 22.7 Å². The van der Waals surface area contributed by atoms with Gasteiger partial charge in [-0.3, -0.25) is 4.55 Å². The van der Waals surface area contributed by atoms with Crippen molar-refractivity contribution in [2.24, 2.45) is 10.2 Å². The molecule has 0 amide bonds. The molecule has 1 aliphatic rings. The van der Waals surface area contributed by atoms with Crippen molar-refractivity contribution >= 4 is 20.7 Å². The van der Waals surface area contributed by atoms with E-state index in [0.29, 0.717) is 5.56 Å². The van der Waals surface area contributed by atoms with Gasteiger partial charge in [0.2, 0.25) is 0 Å². The van der Waals surface area contributed by atoms with Gasteiger partial charge < -0.3 is 10.2 Å². The number of fused-ring (bicyclic) bond motifs is 1. The minimum absolute atomic E-state index is 0.0536. The number of hydrogen-bond acceptors (Lipinski definition) is 6. The minimum atomic E-state index is -4.49. The molecule has 0 bridgehead atoms. The van der Waals surface area contributed by atoms with Gasteiger partial charge in [-0.25, -0.2) is 0 Å². The SMILES string of the molecule is Cc1ccc(O)c(N=NC2c3ccccc3C(S(=O)(=O)O)=CC2O)c1. The zero-order chi connectivity index (χ0) is 18.2. The summed E-state index contributed by atoms with van der Waals surface area (Å²) in [6.45, 7) is 1.84. The lowest BCUT2D eigenvalue weighted by atomic mass is 9.91. The van der Waals surface area contributed by atoms with Crippen LogP contribution in [0.15, 0.2) is 58.8 Å². The van der Waals surface area contributed by atoms with Gasteiger partial charge >= 0.3 is 0 Å². The first-order valence-corrected chi connectivity index (χ1v) is 8.88. The molecule has 130 valence electrons. The lowest BCUT2D eigenvalue weighted by molar-refractivity contribution is 0.188. The topological polar surface area (TPSA) is 120 Å². The molecule has 0 saturated heterocycles. The predicted octanol–water partition coefficient (Wildman–Crippen LogP) is 3.13. The molecule has 0 spiro atoms. The van der Waals surface area contributed by atoms with Crippen LogP contribution in [-0.4, -0.2) is 29.3 Å². The summed E-state index contributed by atoms with van der Waals surface area (Å²) in [6.07, 6.45) is -0.250. The summed E-state index contributed by atoms with van der Waals surface area (Å²) in [5.74, 6) is -0.0536. The van der Waals surface area contributed by atoms with Gasteiger partial charge in [0.15, 0.2) is 0 Å². The molecule has 2 atom stereocenters. The number of aliphatic hydroxyl groups is 1. The molecule has 0 radical (unpaired) electrons. The summed E-state index contributed by atoms with van der Waals surface area (Å²) >= 11 is 0. The number of nitrogens with zero attached hydrogens (tertiary/aromatic N) is 2. The molecular formula is C17H16N2O5S. The van der Waals surface area contributed by atoms with E-state index in [1.165, 1.54) is 12.1 Å². The van der Waals surface area contributed by atoms with Crippen molar-refractivity contribution in [3.8, 4) is 5.75 Å². The van der Waals surface area contributed by atoms with Crippen LogP contribution in [0.4, 0.5) is 5.69 Å². The molecular weight excluding hydrogens is 344 g/mol. The fourth-order valence-corrected chi connectivity index (χ4v) is 3.47. The van der Waals surface area contributed by atoms with Gasteiger partial charge in [0.1, 0.15) is 28.5 Å². The summed E-state index contributed by atoms with van der Waals surface area (Å²) in [7, 11) is -4.49. The van der Waals surface area contributed by atoms with Crippen molar-refractivity contribution in [3.05, 3.63) is 65.2 Å². The standard InChI is InChI=1S/C17H16N2O5S/c1-10-6-7-14(20)13(8-10)18-19-17-12-5-3-2-4-11(12)16(9-15(17)21)25(22,23)24/h2-9,15,17,20-21H,1H3,(H,22,23,24). The van der Waals surface area contributed by atoms with Crippen LogP contribution >= 0.6 is 0 Å². The molecule has 7 nitrogen and oxygen atoms in total. The zero-order valence-electron chi connectivity index (χ0n) is 13.2. The van der Waals surface area contributed by atoms with E-state index in [9.17, 15) is 23.2 Å². The summed E-state index contributed by atoms with van der Waals surface area (Å²) < 4.78 is 32.5. The Labute approximate surface area is 144 Å². The fourth-order valence-electron chi connectivity index (χ4n) is 2.69. The molecule has 0 heterocycles. The number of benzene rings is 2. The van der Waals surface area contributed by atoms with Crippen molar-refractivity contribution < 1.29 is 23.2 Å². The quantitative estimate of drug-likeness (QED) is 0.574. The van der Waals surface area contributed by atoms with Gasteiger partial charge in [-0.2, -0.15) is 18.6 Å². The van der Waals surface area contributed by atoms with Crippen LogP contribution in [0.3, 0.4) is 0 Å². The monoisotopic (exact) mass is 360 g/mol. The van der Waals surface area contributed by atoms with Gasteiger partial charge in [-0.1, -0.05) is 30.3 Å². The van der Waals surface area contributed by atoms with E-state index < -0.39 is 22.3 Å². The van der Waals surface area contributed by atoms with Gasteiger partial charge in [-0.05, 0) is 36.3 Å². The molecule has 2 aromatic carbocycles. The maximum absolute atomic E-state index is 11.6. The number of azo groups is 1. The summed E-state index contributed by atoms with van der Waals surface area (Å²) in [6, 6.07) is 10.4. The molecule has 2 unspecified atom stereocenters. The van der Waals surface area contributed by atoms with Gasteiger partial charge in [-0.15, -0.1) is 0 Å². The van der Waals surface area contributed by atoms with Crippen LogP contribution < -0.4 is 0 Å². The number of aliphatic hydroxyl groups excluding tert-OH is 1. The van der Waals surface area contributed by atoms with Crippen molar-refractivity contribution in [1.82, 2.24) is 0 Å². The number of phenolic OH excluding ortho intramolecular Hbond substituents is 1. The third-order valence-electron chi connectivity index (χ3n) is 3.89. The molecule has 0 fully saturated rings. The highest BCUT2D eigenvalue weighted by molar-refractivity contribution is 7.95. The third kappa shape index (κ3) is 3.46. The summed E-state index contributed by atoms with van der Waals surface area (Å²) in [5, 5.41) is 28.2. The van der Waals surface area contributed by atoms with Crippen LogP contribution in [0, 0.1) is 6.92 Å². The van der Waals surface area contributed by atoms with Gasteiger partial charge in [0, 0.05) is 5.56 Å². The predicted molar refractivity (Wildman–Crippen MR) is 92.1 cm³/mol. The molecule has 3 N–H and O–H groups in total. The Morgan fingerprint density at radius 3 is 2.56 bits per heavy atom. The molecule has 1 aliphatic carbocycles. The highest BCUT2D eigenvalue weighted by atomic mass is 32.2. The van der Waals surface area contributed by atoms with E-state index in [1.807, 2.05) is 6.92 Å². The third-order valence-corrected chi connectivity index (χ3v) is 4.80. The van der Waals surface area contributed by atoms with E-state index in [1.54, 1.807) is 30.3 Å². The Bertz CT molecular complexity index is 982. The molecule has 25 heavy (non-hydrogen) atoms. The number of phenols is 1. The normalized spacial score (nSPS) is 20.4. The Morgan fingerprint density at radius 2 is 1.84 bits per heavy atom.